The number of nitrogens with zero attached hydrogens (tertiary/aromatic N) is 1. The van der Waals surface area contributed by atoms with Gasteiger partial charge < -0.3 is 29.6 Å². The van der Waals surface area contributed by atoms with Crippen LogP contribution in [0.4, 0.5) is 4.79 Å². The van der Waals surface area contributed by atoms with E-state index in [0.717, 1.165) is 27.7 Å². The van der Waals surface area contributed by atoms with Crippen molar-refractivity contribution in [2.75, 3.05) is 6.54 Å². The number of aromatic nitrogens is 1. The largest absolute Gasteiger partial charge is 0.444 e. The zero-order valence-electron chi connectivity index (χ0n) is 24.8. The summed E-state index contributed by atoms with van der Waals surface area (Å²) in [6, 6.07) is 15.7. The van der Waals surface area contributed by atoms with E-state index in [-0.39, 0.29) is 12.5 Å². The summed E-state index contributed by atoms with van der Waals surface area (Å²) in [5.41, 5.74) is 6.72. The molecule has 0 spiro atoms. The molecular weight excluding hydrogens is 538 g/mol. The Bertz CT molecular complexity index is 1380. The molecule has 10 nitrogen and oxygen atoms in total. The molecule has 0 aliphatic carbocycles. The summed E-state index contributed by atoms with van der Waals surface area (Å²) in [6.07, 6.45) is -0.164. The van der Waals surface area contributed by atoms with E-state index in [4.69, 9.17) is 14.3 Å². The molecule has 1 fully saturated rings. The van der Waals surface area contributed by atoms with Crippen molar-refractivity contribution in [1.29, 1.82) is 0 Å². The second-order valence-electron chi connectivity index (χ2n) is 11.6. The molecule has 1 aliphatic heterocycles. The summed E-state index contributed by atoms with van der Waals surface area (Å²) < 4.78 is 11.1. The summed E-state index contributed by atoms with van der Waals surface area (Å²) in [7, 11) is 0. The maximum atomic E-state index is 13.1. The van der Waals surface area contributed by atoms with Crippen LogP contribution in [0.1, 0.15) is 56.5 Å². The number of hydrogen-bond acceptors (Lipinski definition) is 7. The number of rotatable bonds is 9. The number of ether oxygens (including phenoxy) is 2. The lowest BCUT2D eigenvalue weighted by atomic mass is 10.0. The van der Waals surface area contributed by atoms with E-state index >= 15 is 0 Å². The standard InChI is InChI=1S/C32H41N3O7/c1-20-24(25-8-6-7-9-26(25)33-20)16-17-35(31(39)41-32(3,4)5)19-23-12-10-22(11-13-23)14-15-28(37)34-42-29-18-27(36)30(38)21(2)40-29/h6-15,21,27,29-30,33,36,38H,16-19H2,1-5H3,(H,34,37)/b15-14+/t21-,27-,29?,30+/m0/s1. The van der Waals surface area contributed by atoms with Crippen molar-refractivity contribution in [3.05, 3.63) is 77.0 Å². The molecule has 1 aromatic heterocycles. The summed E-state index contributed by atoms with van der Waals surface area (Å²) >= 11 is 0. The molecular formula is C32H41N3O7. The van der Waals surface area contributed by atoms with Crippen LogP contribution in [0.3, 0.4) is 0 Å². The number of fused-ring (bicyclic) bond motifs is 1. The molecule has 42 heavy (non-hydrogen) atoms. The van der Waals surface area contributed by atoms with Crippen molar-refractivity contribution >= 4 is 29.0 Å². The highest BCUT2D eigenvalue weighted by Crippen LogP contribution is 2.24. The normalized spacial score (nSPS) is 21.0. The molecule has 1 aliphatic rings. The Balaban J connectivity index is 1.36. The van der Waals surface area contributed by atoms with Crippen molar-refractivity contribution in [2.45, 2.75) is 84.2 Å². The smallest absolute Gasteiger partial charge is 0.410 e. The van der Waals surface area contributed by atoms with Gasteiger partial charge in [0.15, 0.2) is 6.29 Å². The highest BCUT2D eigenvalue weighted by Gasteiger charge is 2.35. The number of aliphatic hydroxyl groups is 2. The van der Waals surface area contributed by atoms with Crippen molar-refractivity contribution in [3.63, 3.8) is 0 Å². The van der Waals surface area contributed by atoms with Gasteiger partial charge in [0.1, 0.15) is 11.7 Å². The third-order valence-electron chi connectivity index (χ3n) is 7.06. The first-order valence-electron chi connectivity index (χ1n) is 14.2. The number of carbonyl (C=O) groups excluding carboxylic acids is 2. The van der Waals surface area contributed by atoms with Crippen LogP contribution in [0.2, 0.25) is 0 Å². The van der Waals surface area contributed by atoms with Crippen molar-refractivity contribution in [1.82, 2.24) is 15.4 Å². The Hall–Kier alpha value is -3.70. The number of carbonyl (C=O) groups is 2. The fourth-order valence-corrected chi connectivity index (χ4v) is 4.85. The van der Waals surface area contributed by atoms with Crippen molar-refractivity contribution in [3.8, 4) is 0 Å². The zero-order valence-corrected chi connectivity index (χ0v) is 24.8. The van der Waals surface area contributed by atoms with E-state index in [1.54, 1.807) is 17.9 Å². The summed E-state index contributed by atoms with van der Waals surface area (Å²) in [6.45, 7) is 10.1. The monoisotopic (exact) mass is 579 g/mol. The molecule has 226 valence electrons. The average molecular weight is 580 g/mol. The Labute approximate surface area is 246 Å². The molecule has 4 rings (SSSR count). The van der Waals surface area contributed by atoms with Gasteiger partial charge in [0.05, 0.1) is 12.2 Å². The Morgan fingerprint density at radius 1 is 1.14 bits per heavy atom. The third-order valence-corrected chi connectivity index (χ3v) is 7.06. The Morgan fingerprint density at radius 3 is 2.55 bits per heavy atom. The molecule has 10 heteroatoms. The van der Waals surface area contributed by atoms with Gasteiger partial charge in [-0.25, -0.2) is 15.1 Å². The lowest BCUT2D eigenvalue weighted by molar-refractivity contribution is -0.262. The summed E-state index contributed by atoms with van der Waals surface area (Å²) in [5.74, 6) is -0.500. The van der Waals surface area contributed by atoms with Gasteiger partial charge in [0.25, 0.3) is 5.91 Å². The predicted octanol–water partition coefficient (Wildman–Crippen LogP) is 4.37. The number of aryl methyl sites for hydroxylation is 1. The Kier molecular flexibility index (Phi) is 10.1. The van der Waals surface area contributed by atoms with E-state index in [1.165, 1.54) is 11.6 Å². The number of aromatic amines is 1. The molecule has 0 saturated carbocycles. The number of hydrogen-bond donors (Lipinski definition) is 4. The number of nitrogens with one attached hydrogen (secondary N) is 2. The van der Waals surface area contributed by atoms with E-state index in [9.17, 15) is 19.8 Å². The van der Waals surface area contributed by atoms with Crippen LogP contribution in [0.15, 0.2) is 54.6 Å². The molecule has 2 heterocycles. The van der Waals surface area contributed by atoms with Crippen LogP contribution >= 0.6 is 0 Å². The van der Waals surface area contributed by atoms with Crippen molar-refractivity contribution in [2.24, 2.45) is 0 Å². The van der Waals surface area contributed by atoms with Crippen LogP contribution in [-0.4, -0.2) is 68.8 Å². The Morgan fingerprint density at radius 2 is 1.86 bits per heavy atom. The number of H-pyrrole nitrogens is 1. The predicted molar refractivity (Wildman–Crippen MR) is 159 cm³/mol. The molecule has 1 saturated heterocycles. The molecule has 0 radical (unpaired) electrons. The van der Waals surface area contributed by atoms with E-state index < -0.39 is 36.1 Å². The first-order valence-corrected chi connectivity index (χ1v) is 14.2. The van der Waals surface area contributed by atoms with Gasteiger partial charge in [-0.3, -0.25) is 4.79 Å². The maximum absolute atomic E-state index is 13.1. The van der Waals surface area contributed by atoms with Gasteiger partial charge in [-0.15, -0.1) is 0 Å². The second kappa shape index (κ2) is 13.5. The fraction of sp³-hybridized carbons (Fsp3) is 0.438. The number of amides is 2. The van der Waals surface area contributed by atoms with E-state index in [0.29, 0.717) is 19.5 Å². The van der Waals surface area contributed by atoms with Crippen LogP contribution < -0.4 is 5.48 Å². The minimum absolute atomic E-state index is 0.0403. The van der Waals surface area contributed by atoms with Crippen LogP contribution in [0.5, 0.6) is 0 Å². The van der Waals surface area contributed by atoms with Gasteiger partial charge in [-0.05, 0) is 69.9 Å². The highest BCUT2D eigenvalue weighted by atomic mass is 16.8. The molecule has 2 aromatic carbocycles. The average Bonchev–Trinajstić information content (AvgIpc) is 3.25. The lowest BCUT2D eigenvalue weighted by Gasteiger charge is -2.34. The summed E-state index contributed by atoms with van der Waals surface area (Å²) in [5, 5.41) is 20.7. The molecule has 2 amide bonds. The van der Waals surface area contributed by atoms with Gasteiger partial charge >= 0.3 is 6.09 Å². The lowest BCUT2D eigenvalue weighted by Crippen LogP contribution is -2.49. The van der Waals surface area contributed by atoms with E-state index in [1.807, 2.05) is 70.2 Å². The number of hydroxylamine groups is 1. The minimum Gasteiger partial charge on any atom is -0.444 e. The van der Waals surface area contributed by atoms with Gasteiger partial charge in [-0.2, -0.15) is 0 Å². The zero-order chi connectivity index (χ0) is 30.4. The molecule has 4 N–H and O–H groups in total. The maximum Gasteiger partial charge on any atom is 0.410 e. The topological polar surface area (TPSA) is 133 Å². The number of aliphatic hydroxyl groups excluding tert-OH is 2. The second-order valence-corrected chi connectivity index (χ2v) is 11.6. The third kappa shape index (κ3) is 8.42. The summed E-state index contributed by atoms with van der Waals surface area (Å²) in [4.78, 5) is 35.7. The first-order chi connectivity index (χ1) is 19.9. The van der Waals surface area contributed by atoms with E-state index in [2.05, 4.69) is 16.5 Å². The van der Waals surface area contributed by atoms with Crippen molar-refractivity contribution < 1.29 is 34.1 Å². The quantitative estimate of drug-likeness (QED) is 0.219. The molecule has 0 bridgehead atoms. The fourth-order valence-electron chi connectivity index (χ4n) is 4.85. The molecule has 3 aromatic rings. The number of para-hydroxylation sites is 1. The van der Waals surface area contributed by atoms with Crippen LogP contribution in [-0.2, 0) is 32.1 Å². The minimum atomic E-state index is -0.997. The number of benzene rings is 2. The van der Waals surface area contributed by atoms with Gasteiger partial charge in [0, 0.05) is 42.2 Å². The first kappa shape index (κ1) is 31.2. The van der Waals surface area contributed by atoms with Gasteiger partial charge in [-0.1, -0.05) is 42.5 Å². The SMILES string of the molecule is Cc1[nH]c2ccccc2c1CCN(Cc1ccc(/C=C/C(=O)NOC2C[C@H](O)[C@H](O)[C@H](C)O2)cc1)C(=O)OC(C)(C)C. The van der Waals surface area contributed by atoms with Crippen LogP contribution in [0, 0.1) is 6.92 Å². The molecule has 4 atom stereocenters. The molecule has 1 unspecified atom stereocenters. The van der Waals surface area contributed by atoms with Crippen LogP contribution in [0.25, 0.3) is 17.0 Å². The highest BCUT2D eigenvalue weighted by molar-refractivity contribution is 5.91. The van der Waals surface area contributed by atoms with Gasteiger partial charge in [0.2, 0.25) is 0 Å².